The van der Waals surface area contributed by atoms with Crippen molar-refractivity contribution >= 4 is 11.6 Å². The Balaban J connectivity index is 2.39. The molecule has 1 aliphatic rings. The van der Waals surface area contributed by atoms with Crippen molar-refractivity contribution in [2.75, 3.05) is 0 Å². The van der Waals surface area contributed by atoms with E-state index in [2.05, 4.69) is 10.3 Å². The molecule has 0 saturated carbocycles. The van der Waals surface area contributed by atoms with E-state index in [9.17, 15) is 4.79 Å². The highest BCUT2D eigenvalue weighted by molar-refractivity contribution is 6.46. The molecule has 1 unspecified atom stereocenters. The van der Waals surface area contributed by atoms with Crippen LogP contribution in [0.25, 0.3) is 0 Å². The van der Waals surface area contributed by atoms with Crippen molar-refractivity contribution in [3.63, 3.8) is 0 Å². The molecular weight excluding hydrogens is 188 g/mol. The summed E-state index contributed by atoms with van der Waals surface area (Å²) in [5, 5.41) is 2.89. The lowest BCUT2D eigenvalue weighted by atomic mass is 10.1. The molecule has 0 saturated heterocycles. The van der Waals surface area contributed by atoms with Gasteiger partial charge in [-0.3, -0.25) is 9.79 Å². The number of amides is 1. The highest BCUT2D eigenvalue weighted by Crippen LogP contribution is 2.19. The van der Waals surface area contributed by atoms with Crippen LogP contribution < -0.4 is 5.32 Å². The van der Waals surface area contributed by atoms with Crippen molar-refractivity contribution in [3.05, 3.63) is 35.9 Å². The molecule has 1 heterocycles. The van der Waals surface area contributed by atoms with Crippen LogP contribution in [-0.4, -0.2) is 17.3 Å². The molecule has 0 bridgehead atoms. The molecular formula is C12H14N2O. The first kappa shape index (κ1) is 9.90. The number of rotatable bonds is 2. The average Bonchev–Trinajstić information content (AvgIpc) is 2.57. The lowest BCUT2D eigenvalue weighted by Crippen LogP contribution is -2.39. The monoisotopic (exact) mass is 202 g/mol. The first-order valence-electron chi connectivity index (χ1n) is 5.12. The number of hydrogen-bond acceptors (Lipinski definition) is 2. The van der Waals surface area contributed by atoms with Crippen molar-refractivity contribution < 1.29 is 4.79 Å². The fraction of sp³-hybridized carbons (Fsp3) is 0.333. The van der Waals surface area contributed by atoms with Crippen LogP contribution in [0.3, 0.4) is 0 Å². The van der Waals surface area contributed by atoms with Gasteiger partial charge in [-0.1, -0.05) is 37.3 Å². The van der Waals surface area contributed by atoms with Crippen LogP contribution in [0, 0.1) is 0 Å². The highest BCUT2D eigenvalue weighted by atomic mass is 16.2. The zero-order valence-electron chi connectivity index (χ0n) is 8.95. The molecule has 2 rings (SSSR count). The Labute approximate surface area is 89.2 Å². The van der Waals surface area contributed by atoms with Crippen LogP contribution in [0.2, 0.25) is 0 Å². The summed E-state index contributed by atoms with van der Waals surface area (Å²) in [4.78, 5) is 16.2. The van der Waals surface area contributed by atoms with E-state index in [1.54, 1.807) is 0 Å². The maximum Gasteiger partial charge on any atom is 0.272 e. The van der Waals surface area contributed by atoms with Gasteiger partial charge in [-0.25, -0.2) is 0 Å². The third kappa shape index (κ3) is 1.77. The zero-order valence-corrected chi connectivity index (χ0v) is 8.95. The Morgan fingerprint density at radius 1 is 1.33 bits per heavy atom. The second-order valence-corrected chi connectivity index (χ2v) is 3.91. The molecule has 1 atom stereocenters. The Kier molecular flexibility index (Phi) is 2.31. The third-order valence-electron chi connectivity index (χ3n) is 2.69. The lowest BCUT2D eigenvalue weighted by molar-refractivity contribution is -0.115. The Morgan fingerprint density at radius 2 is 2.00 bits per heavy atom. The van der Waals surface area contributed by atoms with Gasteiger partial charge in [-0.2, -0.15) is 0 Å². The first-order chi connectivity index (χ1) is 7.14. The Bertz CT molecular complexity index is 411. The van der Waals surface area contributed by atoms with E-state index >= 15 is 0 Å². The fourth-order valence-electron chi connectivity index (χ4n) is 1.59. The van der Waals surface area contributed by atoms with E-state index in [-0.39, 0.29) is 5.91 Å². The number of carbonyl (C=O) groups excluding carboxylic acids is 1. The number of benzene rings is 1. The standard InChI is InChI=1S/C12H14N2O/c1-3-12(2)13-10(11(15)14-12)9-7-5-4-6-8-9/h4-8H,3H2,1-2H3,(H,14,15). The second kappa shape index (κ2) is 3.50. The van der Waals surface area contributed by atoms with Crippen molar-refractivity contribution in [3.8, 4) is 0 Å². The maximum atomic E-state index is 11.7. The van der Waals surface area contributed by atoms with Gasteiger partial charge in [-0.05, 0) is 13.3 Å². The SMILES string of the molecule is CCC1(C)N=C(c2ccccc2)C(=O)N1. The molecule has 78 valence electrons. The number of carbonyl (C=O) groups is 1. The van der Waals surface area contributed by atoms with Gasteiger partial charge < -0.3 is 5.32 Å². The van der Waals surface area contributed by atoms with Gasteiger partial charge >= 0.3 is 0 Å². The molecule has 1 amide bonds. The summed E-state index contributed by atoms with van der Waals surface area (Å²) in [6.07, 6.45) is 0.801. The van der Waals surface area contributed by atoms with Crippen LogP contribution in [0.1, 0.15) is 25.8 Å². The summed E-state index contributed by atoms with van der Waals surface area (Å²) in [6, 6.07) is 9.55. The molecule has 1 aromatic carbocycles. The summed E-state index contributed by atoms with van der Waals surface area (Å²) in [7, 11) is 0. The average molecular weight is 202 g/mol. The smallest absolute Gasteiger partial charge is 0.272 e. The summed E-state index contributed by atoms with van der Waals surface area (Å²) < 4.78 is 0. The van der Waals surface area contributed by atoms with Gasteiger partial charge in [0.15, 0.2) is 0 Å². The van der Waals surface area contributed by atoms with Crippen molar-refractivity contribution in [2.45, 2.75) is 25.9 Å². The molecule has 0 spiro atoms. The predicted molar refractivity (Wildman–Crippen MR) is 59.8 cm³/mol. The molecule has 15 heavy (non-hydrogen) atoms. The number of hydrogen-bond donors (Lipinski definition) is 1. The minimum Gasteiger partial charge on any atom is -0.327 e. The van der Waals surface area contributed by atoms with E-state index in [1.807, 2.05) is 44.2 Å². The first-order valence-corrected chi connectivity index (χ1v) is 5.12. The summed E-state index contributed by atoms with van der Waals surface area (Å²) in [5.41, 5.74) is 0.995. The molecule has 0 fully saturated rings. The lowest BCUT2D eigenvalue weighted by Gasteiger charge is -2.17. The van der Waals surface area contributed by atoms with Gasteiger partial charge in [0.2, 0.25) is 0 Å². The van der Waals surface area contributed by atoms with Gasteiger partial charge in [0.05, 0.1) is 0 Å². The molecule has 1 aromatic rings. The number of aliphatic imine (C=N–C) groups is 1. The summed E-state index contributed by atoms with van der Waals surface area (Å²) in [5.74, 6) is -0.0782. The topological polar surface area (TPSA) is 41.5 Å². The number of nitrogens with zero attached hydrogens (tertiary/aromatic N) is 1. The second-order valence-electron chi connectivity index (χ2n) is 3.91. The van der Waals surface area contributed by atoms with Crippen molar-refractivity contribution in [1.82, 2.24) is 5.32 Å². The van der Waals surface area contributed by atoms with E-state index < -0.39 is 5.66 Å². The van der Waals surface area contributed by atoms with Crippen LogP contribution in [0.4, 0.5) is 0 Å². The number of nitrogens with one attached hydrogen (secondary N) is 1. The molecule has 3 nitrogen and oxygen atoms in total. The van der Waals surface area contributed by atoms with E-state index in [0.717, 1.165) is 12.0 Å². The van der Waals surface area contributed by atoms with Gasteiger partial charge in [0.25, 0.3) is 5.91 Å². The van der Waals surface area contributed by atoms with Gasteiger partial charge in [0, 0.05) is 5.56 Å². The van der Waals surface area contributed by atoms with Crippen LogP contribution >= 0.6 is 0 Å². The van der Waals surface area contributed by atoms with E-state index in [1.165, 1.54) is 0 Å². The minimum atomic E-state index is -0.428. The Hall–Kier alpha value is -1.64. The van der Waals surface area contributed by atoms with Crippen LogP contribution in [0.5, 0.6) is 0 Å². The van der Waals surface area contributed by atoms with Crippen LogP contribution in [-0.2, 0) is 4.79 Å². The predicted octanol–water partition coefficient (Wildman–Crippen LogP) is 1.73. The van der Waals surface area contributed by atoms with E-state index in [0.29, 0.717) is 5.71 Å². The largest absolute Gasteiger partial charge is 0.327 e. The zero-order chi connectivity index (χ0) is 10.9. The van der Waals surface area contributed by atoms with Crippen molar-refractivity contribution in [1.29, 1.82) is 0 Å². The van der Waals surface area contributed by atoms with Gasteiger partial charge in [-0.15, -0.1) is 0 Å². The fourth-order valence-corrected chi connectivity index (χ4v) is 1.59. The summed E-state index contributed by atoms with van der Waals surface area (Å²) >= 11 is 0. The molecule has 1 aliphatic heterocycles. The summed E-state index contributed by atoms with van der Waals surface area (Å²) in [6.45, 7) is 3.94. The van der Waals surface area contributed by atoms with Gasteiger partial charge in [0.1, 0.15) is 11.4 Å². The molecule has 0 radical (unpaired) electrons. The molecule has 0 aliphatic carbocycles. The molecule has 3 heteroatoms. The van der Waals surface area contributed by atoms with Crippen LogP contribution in [0.15, 0.2) is 35.3 Å². The minimum absolute atomic E-state index is 0.0782. The maximum absolute atomic E-state index is 11.7. The molecule has 1 N–H and O–H groups in total. The normalized spacial score (nSPS) is 24.9. The molecule has 0 aromatic heterocycles. The van der Waals surface area contributed by atoms with Crippen molar-refractivity contribution in [2.24, 2.45) is 4.99 Å². The van der Waals surface area contributed by atoms with E-state index in [4.69, 9.17) is 0 Å². The quantitative estimate of drug-likeness (QED) is 0.779. The Morgan fingerprint density at radius 3 is 2.53 bits per heavy atom. The third-order valence-corrected chi connectivity index (χ3v) is 2.69. The highest BCUT2D eigenvalue weighted by Gasteiger charge is 2.33.